The van der Waals surface area contributed by atoms with Gasteiger partial charge in [0, 0.05) is 25.0 Å². The molecule has 4 rings (SSSR count). The number of halogens is 1. The second-order valence-electron chi connectivity index (χ2n) is 6.89. The molecule has 1 aromatic carbocycles. The largest absolute Gasteiger partial charge is 0.332 e. The number of carbonyl (C=O) groups excluding carboxylic acids is 1. The zero-order valence-electron chi connectivity index (χ0n) is 17.2. The standard InChI is InChI=1S/C20H17FN6O3S2/c1-10-8-32-19(22-10)23-13(28)9-31-17-14-16(26(2)20(30)27(3)18(14)29)24-15(25-17)11-4-6-12(21)7-5-11/h4-8H,9H2,1-3H3,(H,22,23,28). The molecule has 0 radical (unpaired) electrons. The van der Waals surface area contributed by atoms with Crippen LogP contribution in [0.1, 0.15) is 5.69 Å². The Labute approximate surface area is 189 Å². The Bertz CT molecular complexity index is 1460. The maximum atomic E-state index is 13.4. The highest BCUT2D eigenvalue weighted by atomic mass is 32.2. The molecule has 0 unspecified atom stereocenters. The van der Waals surface area contributed by atoms with Crippen molar-refractivity contribution in [1.82, 2.24) is 24.1 Å². The number of thioether (sulfide) groups is 1. The number of aryl methyl sites for hydroxylation is 2. The Morgan fingerprint density at radius 1 is 1.12 bits per heavy atom. The van der Waals surface area contributed by atoms with Gasteiger partial charge in [-0.1, -0.05) is 11.8 Å². The SMILES string of the molecule is Cc1csc(NC(=O)CSc2nc(-c3ccc(F)cc3)nc3c2c(=O)n(C)c(=O)n3C)n1. The molecule has 0 fully saturated rings. The van der Waals surface area contributed by atoms with Crippen molar-refractivity contribution in [2.75, 3.05) is 11.1 Å². The topological polar surface area (TPSA) is 112 Å². The molecule has 3 heterocycles. The van der Waals surface area contributed by atoms with E-state index in [-0.39, 0.29) is 33.5 Å². The van der Waals surface area contributed by atoms with Crippen LogP contribution in [-0.4, -0.2) is 35.7 Å². The van der Waals surface area contributed by atoms with Crippen molar-refractivity contribution in [2.24, 2.45) is 14.1 Å². The fourth-order valence-corrected chi connectivity index (χ4v) is 4.48. The van der Waals surface area contributed by atoms with E-state index in [1.54, 1.807) is 0 Å². The molecule has 32 heavy (non-hydrogen) atoms. The van der Waals surface area contributed by atoms with Gasteiger partial charge in [-0.2, -0.15) is 0 Å². The third-order valence-electron chi connectivity index (χ3n) is 4.57. The number of anilines is 1. The third kappa shape index (κ3) is 4.18. The summed E-state index contributed by atoms with van der Waals surface area (Å²) >= 11 is 2.36. The van der Waals surface area contributed by atoms with E-state index in [4.69, 9.17) is 0 Å². The van der Waals surface area contributed by atoms with Crippen LogP contribution in [0.25, 0.3) is 22.4 Å². The predicted octanol–water partition coefficient (Wildman–Crippen LogP) is 2.33. The van der Waals surface area contributed by atoms with Gasteiger partial charge in [-0.05, 0) is 31.2 Å². The lowest BCUT2D eigenvalue weighted by molar-refractivity contribution is -0.113. The summed E-state index contributed by atoms with van der Waals surface area (Å²) in [5.74, 6) is -0.570. The van der Waals surface area contributed by atoms with Crippen molar-refractivity contribution < 1.29 is 9.18 Å². The molecule has 4 aromatic rings. The molecule has 0 aliphatic heterocycles. The maximum absolute atomic E-state index is 13.4. The Morgan fingerprint density at radius 2 is 1.84 bits per heavy atom. The molecule has 0 aliphatic carbocycles. The van der Waals surface area contributed by atoms with Gasteiger partial charge in [-0.15, -0.1) is 11.3 Å². The van der Waals surface area contributed by atoms with E-state index in [1.807, 2.05) is 12.3 Å². The van der Waals surface area contributed by atoms with Gasteiger partial charge >= 0.3 is 5.69 Å². The lowest BCUT2D eigenvalue weighted by Gasteiger charge is -2.12. The molecule has 0 saturated heterocycles. The molecular formula is C20H17FN6O3S2. The van der Waals surface area contributed by atoms with Crippen molar-refractivity contribution in [2.45, 2.75) is 11.9 Å². The zero-order chi connectivity index (χ0) is 23.0. The lowest BCUT2D eigenvalue weighted by atomic mass is 10.2. The number of amides is 1. The molecule has 0 spiro atoms. The number of hydrogen-bond donors (Lipinski definition) is 1. The average Bonchev–Trinajstić information content (AvgIpc) is 3.19. The van der Waals surface area contributed by atoms with E-state index in [1.165, 1.54) is 54.3 Å². The molecule has 164 valence electrons. The fourth-order valence-electron chi connectivity index (χ4n) is 2.96. The minimum atomic E-state index is -0.563. The quantitative estimate of drug-likeness (QED) is 0.350. The minimum absolute atomic E-state index is 0.0421. The van der Waals surface area contributed by atoms with Crippen LogP contribution < -0.4 is 16.6 Å². The first-order valence-corrected chi connectivity index (χ1v) is 11.2. The predicted molar refractivity (Wildman–Crippen MR) is 122 cm³/mol. The van der Waals surface area contributed by atoms with Crippen LogP contribution in [0.3, 0.4) is 0 Å². The third-order valence-corrected chi connectivity index (χ3v) is 6.43. The van der Waals surface area contributed by atoms with Gasteiger partial charge in [0.1, 0.15) is 16.2 Å². The molecule has 0 bridgehead atoms. The molecule has 3 aromatic heterocycles. The second-order valence-corrected chi connectivity index (χ2v) is 8.72. The van der Waals surface area contributed by atoms with Gasteiger partial charge < -0.3 is 5.32 Å². The summed E-state index contributed by atoms with van der Waals surface area (Å²) < 4.78 is 15.6. The Kier molecular flexibility index (Phi) is 5.89. The van der Waals surface area contributed by atoms with Crippen molar-refractivity contribution in [3.05, 3.63) is 62.0 Å². The fraction of sp³-hybridized carbons (Fsp3) is 0.200. The summed E-state index contributed by atoms with van der Waals surface area (Å²) in [6.45, 7) is 1.82. The first kappa shape index (κ1) is 21.8. The van der Waals surface area contributed by atoms with Crippen molar-refractivity contribution >= 4 is 45.2 Å². The Balaban J connectivity index is 1.78. The van der Waals surface area contributed by atoms with Gasteiger partial charge in [0.2, 0.25) is 5.91 Å². The van der Waals surface area contributed by atoms with Crippen molar-refractivity contribution in [3.63, 3.8) is 0 Å². The van der Waals surface area contributed by atoms with Gasteiger partial charge in [0.25, 0.3) is 5.56 Å². The van der Waals surface area contributed by atoms with Crippen molar-refractivity contribution in [3.8, 4) is 11.4 Å². The Hall–Kier alpha value is -3.38. The number of hydrogen-bond acceptors (Lipinski definition) is 8. The van der Waals surface area contributed by atoms with Crippen molar-refractivity contribution in [1.29, 1.82) is 0 Å². The number of thiazole rings is 1. The van der Waals surface area contributed by atoms with Crippen LogP contribution in [0.4, 0.5) is 9.52 Å². The molecule has 0 saturated carbocycles. The number of nitrogens with one attached hydrogen (secondary N) is 1. The number of carbonyl (C=O) groups is 1. The highest BCUT2D eigenvalue weighted by molar-refractivity contribution is 8.00. The van der Waals surface area contributed by atoms with Gasteiger partial charge in [-0.3, -0.25) is 18.7 Å². The maximum Gasteiger partial charge on any atom is 0.332 e. The van der Waals surface area contributed by atoms with Crippen LogP contribution in [-0.2, 0) is 18.9 Å². The minimum Gasteiger partial charge on any atom is -0.301 e. The van der Waals surface area contributed by atoms with Crippen LogP contribution >= 0.6 is 23.1 Å². The Morgan fingerprint density at radius 3 is 2.50 bits per heavy atom. The number of rotatable bonds is 5. The molecule has 9 nitrogen and oxygen atoms in total. The van der Waals surface area contributed by atoms with Gasteiger partial charge in [-0.25, -0.2) is 24.1 Å². The normalized spacial score (nSPS) is 11.1. The summed E-state index contributed by atoms with van der Waals surface area (Å²) in [4.78, 5) is 50.7. The highest BCUT2D eigenvalue weighted by Gasteiger charge is 2.19. The van der Waals surface area contributed by atoms with Crippen LogP contribution in [0.15, 0.2) is 44.3 Å². The second kappa shape index (κ2) is 8.63. The molecule has 1 N–H and O–H groups in total. The average molecular weight is 473 g/mol. The number of nitrogens with zero attached hydrogens (tertiary/aromatic N) is 5. The monoisotopic (exact) mass is 472 g/mol. The number of aromatic nitrogens is 5. The van der Waals surface area contributed by atoms with E-state index < -0.39 is 17.1 Å². The van der Waals surface area contributed by atoms with E-state index in [9.17, 15) is 18.8 Å². The van der Waals surface area contributed by atoms with Crippen LogP contribution in [0, 0.1) is 12.7 Å². The summed E-state index contributed by atoms with van der Waals surface area (Å²) in [7, 11) is 2.86. The molecular weight excluding hydrogens is 455 g/mol. The summed E-state index contributed by atoms with van der Waals surface area (Å²) in [6.07, 6.45) is 0. The van der Waals surface area contributed by atoms with E-state index in [0.717, 1.165) is 22.0 Å². The van der Waals surface area contributed by atoms with Gasteiger partial charge in [0.05, 0.1) is 11.4 Å². The zero-order valence-corrected chi connectivity index (χ0v) is 18.9. The van der Waals surface area contributed by atoms with E-state index in [2.05, 4.69) is 20.3 Å². The summed E-state index contributed by atoms with van der Waals surface area (Å²) in [6, 6.07) is 5.54. The molecule has 0 aliphatic rings. The van der Waals surface area contributed by atoms with E-state index in [0.29, 0.717) is 10.7 Å². The first-order valence-electron chi connectivity index (χ1n) is 9.33. The smallest absolute Gasteiger partial charge is 0.301 e. The summed E-state index contributed by atoms with van der Waals surface area (Å²) in [5, 5.41) is 5.38. The summed E-state index contributed by atoms with van der Waals surface area (Å²) in [5.41, 5.74) is 0.330. The highest BCUT2D eigenvalue weighted by Crippen LogP contribution is 2.26. The van der Waals surface area contributed by atoms with Gasteiger partial charge in [0.15, 0.2) is 16.6 Å². The van der Waals surface area contributed by atoms with Crippen LogP contribution in [0.2, 0.25) is 0 Å². The van der Waals surface area contributed by atoms with Crippen LogP contribution in [0.5, 0.6) is 0 Å². The number of benzene rings is 1. The lowest BCUT2D eigenvalue weighted by Crippen LogP contribution is -2.37. The molecule has 0 atom stereocenters. The number of fused-ring (bicyclic) bond motifs is 1. The first-order chi connectivity index (χ1) is 15.2. The molecule has 1 amide bonds. The molecule has 12 heteroatoms. The van der Waals surface area contributed by atoms with E-state index >= 15 is 0 Å².